The van der Waals surface area contributed by atoms with Gasteiger partial charge in [-0.3, -0.25) is 19.7 Å². The summed E-state index contributed by atoms with van der Waals surface area (Å²) < 4.78 is 7.08. The Kier molecular flexibility index (Phi) is 7.39. The minimum atomic E-state index is -0.503. The number of nitrogens with one attached hydrogen (secondary N) is 2. The van der Waals surface area contributed by atoms with E-state index >= 15 is 0 Å². The van der Waals surface area contributed by atoms with Gasteiger partial charge in [-0.2, -0.15) is 0 Å². The number of hydrogen-bond acceptors (Lipinski definition) is 7. The van der Waals surface area contributed by atoms with Crippen LogP contribution in [0.15, 0.2) is 53.9 Å². The Hall–Kier alpha value is -3.40. The number of carbonyl (C=O) groups is 2. The van der Waals surface area contributed by atoms with Crippen LogP contribution in [0.4, 0.5) is 4.79 Å². The highest BCUT2D eigenvalue weighted by Gasteiger charge is 2.18. The molecule has 0 fully saturated rings. The summed E-state index contributed by atoms with van der Waals surface area (Å²) in [5, 5.41) is 14.0. The van der Waals surface area contributed by atoms with E-state index in [1.54, 1.807) is 19.5 Å². The van der Waals surface area contributed by atoms with Crippen molar-refractivity contribution in [1.82, 2.24) is 30.4 Å². The fourth-order valence-corrected chi connectivity index (χ4v) is 3.34. The van der Waals surface area contributed by atoms with Crippen LogP contribution in [0.3, 0.4) is 0 Å². The summed E-state index contributed by atoms with van der Waals surface area (Å²) in [7, 11) is 1.60. The molecule has 2 N–H and O–H groups in total. The smallest absolute Gasteiger partial charge is 0.321 e. The summed E-state index contributed by atoms with van der Waals surface area (Å²) >= 11 is 1.19. The van der Waals surface area contributed by atoms with Crippen molar-refractivity contribution in [1.29, 1.82) is 0 Å². The molecular weight excluding hydrogens is 404 g/mol. The molecule has 3 rings (SSSR count). The lowest BCUT2D eigenvalue weighted by Crippen LogP contribution is -2.40. The highest BCUT2D eigenvalue weighted by molar-refractivity contribution is 7.99. The number of rotatable bonds is 8. The van der Waals surface area contributed by atoms with E-state index in [0.29, 0.717) is 17.5 Å². The molecule has 0 unspecified atom stereocenters. The van der Waals surface area contributed by atoms with Crippen LogP contribution in [0.5, 0.6) is 5.75 Å². The topological polar surface area (TPSA) is 111 Å². The average molecular weight is 427 g/mol. The molecule has 0 aliphatic rings. The molecule has 10 heteroatoms. The van der Waals surface area contributed by atoms with Gasteiger partial charge < -0.3 is 10.1 Å². The first kappa shape index (κ1) is 21.3. The number of hydrogen-bond donors (Lipinski definition) is 2. The third kappa shape index (κ3) is 5.35. The Bertz CT molecular complexity index is 992. The second kappa shape index (κ2) is 10.4. The third-order valence-corrected chi connectivity index (χ3v) is 4.95. The minimum absolute atomic E-state index is 0.0180. The highest BCUT2D eigenvalue weighted by atomic mass is 32.2. The molecule has 0 atom stereocenters. The van der Waals surface area contributed by atoms with Gasteiger partial charge in [-0.25, -0.2) is 4.79 Å². The maximum absolute atomic E-state index is 12.1. The first-order valence-electron chi connectivity index (χ1n) is 9.33. The van der Waals surface area contributed by atoms with Gasteiger partial charge in [0, 0.05) is 30.2 Å². The molecule has 1 aromatic carbocycles. The summed E-state index contributed by atoms with van der Waals surface area (Å²) in [6, 6.07) is 10.6. The summed E-state index contributed by atoms with van der Waals surface area (Å²) in [5.74, 6) is 0.947. The molecule has 0 aliphatic heterocycles. The number of ether oxygens (including phenoxy) is 1. The van der Waals surface area contributed by atoms with E-state index in [2.05, 4.69) is 25.8 Å². The molecule has 0 bridgehead atoms. The van der Waals surface area contributed by atoms with Crippen molar-refractivity contribution in [2.24, 2.45) is 0 Å². The van der Waals surface area contributed by atoms with E-state index in [9.17, 15) is 9.59 Å². The van der Waals surface area contributed by atoms with Crippen LogP contribution in [0.2, 0.25) is 0 Å². The van der Waals surface area contributed by atoms with E-state index in [1.165, 1.54) is 11.8 Å². The Balaban J connectivity index is 1.83. The van der Waals surface area contributed by atoms with Crippen molar-refractivity contribution in [3.63, 3.8) is 0 Å². The van der Waals surface area contributed by atoms with Gasteiger partial charge in [-0.05, 0) is 42.8 Å². The van der Waals surface area contributed by atoms with Gasteiger partial charge >= 0.3 is 6.03 Å². The molecule has 156 valence electrons. The average Bonchev–Trinajstić information content (AvgIpc) is 3.21. The maximum atomic E-state index is 12.1. The Morgan fingerprint density at radius 2 is 1.83 bits per heavy atom. The zero-order chi connectivity index (χ0) is 21.3. The standard InChI is InChI=1S/C20H22N6O3S/c1-3-10-22-19(28)23-17(27)13-30-20-25-24-18(14-8-11-21-12-9-14)26(20)15-4-6-16(29-2)7-5-15/h4-9,11-12H,3,10,13H2,1-2H3,(H2,22,23,27,28). The minimum Gasteiger partial charge on any atom is -0.497 e. The largest absolute Gasteiger partial charge is 0.497 e. The van der Waals surface area contributed by atoms with Crippen LogP contribution < -0.4 is 15.4 Å². The van der Waals surface area contributed by atoms with Crippen molar-refractivity contribution in [3.8, 4) is 22.8 Å². The van der Waals surface area contributed by atoms with Crippen molar-refractivity contribution in [2.45, 2.75) is 18.5 Å². The normalized spacial score (nSPS) is 10.5. The molecule has 0 radical (unpaired) electrons. The van der Waals surface area contributed by atoms with Gasteiger partial charge in [-0.15, -0.1) is 10.2 Å². The SMILES string of the molecule is CCCNC(=O)NC(=O)CSc1nnc(-c2ccncc2)n1-c1ccc(OC)cc1. The third-order valence-electron chi connectivity index (χ3n) is 4.02. The predicted octanol–water partition coefficient (Wildman–Crippen LogP) is 2.67. The first-order valence-corrected chi connectivity index (χ1v) is 10.3. The summed E-state index contributed by atoms with van der Waals surface area (Å²) in [4.78, 5) is 27.8. The number of carbonyl (C=O) groups excluding carboxylic acids is 2. The van der Waals surface area contributed by atoms with Crippen LogP contribution in [-0.2, 0) is 4.79 Å². The van der Waals surface area contributed by atoms with E-state index in [1.807, 2.05) is 47.9 Å². The Morgan fingerprint density at radius 3 is 2.50 bits per heavy atom. The van der Waals surface area contributed by atoms with Gasteiger partial charge in [0.05, 0.1) is 12.9 Å². The van der Waals surface area contributed by atoms with Crippen molar-refractivity contribution in [3.05, 3.63) is 48.8 Å². The fourth-order valence-electron chi connectivity index (χ4n) is 2.59. The number of thioether (sulfide) groups is 1. The molecule has 0 saturated carbocycles. The quantitative estimate of drug-likeness (QED) is 0.533. The number of benzene rings is 1. The zero-order valence-electron chi connectivity index (χ0n) is 16.7. The molecular formula is C20H22N6O3S. The Labute approximate surface area is 178 Å². The van der Waals surface area contributed by atoms with Crippen LogP contribution in [0.1, 0.15) is 13.3 Å². The van der Waals surface area contributed by atoms with Crippen LogP contribution >= 0.6 is 11.8 Å². The second-order valence-corrected chi connectivity index (χ2v) is 7.11. The first-order chi connectivity index (χ1) is 14.6. The van der Waals surface area contributed by atoms with E-state index in [4.69, 9.17) is 4.74 Å². The maximum Gasteiger partial charge on any atom is 0.321 e. The molecule has 9 nitrogen and oxygen atoms in total. The van der Waals surface area contributed by atoms with Crippen LogP contribution in [0.25, 0.3) is 17.1 Å². The zero-order valence-corrected chi connectivity index (χ0v) is 17.5. The molecule has 30 heavy (non-hydrogen) atoms. The Morgan fingerprint density at radius 1 is 1.10 bits per heavy atom. The lowest BCUT2D eigenvalue weighted by molar-refractivity contribution is -0.117. The molecule has 0 spiro atoms. The van der Waals surface area contributed by atoms with Crippen molar-refractivity contribution < 1.29 is 14.3 Å². The highest BCUT2D eigenvalue weighted by Crippen LogP contribution is 2.28. The fraction of sp³-hybridized carbons (Fsp3) is 0.250. The summed E-state index contributed by atoms with van der Waals surface area (Å²) in [6.07, 6.45) is 4.15. The lowest BCUT2D eigenvalue weighted by atomic mass is 10.2. The molecule has 2 heterocycles. The van der Waals surface area contributed by atoms with Crippen molar-refractivity contribution >= 4 is 23.7 Å². The monoisotopic (exact) mass is 426 g/mol. The van der Waals surface area contributed by atoms with E-state index < -0.39 is 11.9 Å². The predicted molar refractivity (Wildman–Crippen MR) is 114 cm³/mol. The number of urea groups is 1. The second-order valence-electron chi connectivity index (χ2n) is 6.17. The number of pyridine rings is 1. The molecule has 3 aromatic rings. The van der Waals surface area contributed by atoms with Crippen molar-refractivity contribution in [2.75, 3.05) is 19.4 Å². The molecule has 2 aromatic heterocycles. The summed E-state index contributed by atoms with van der Waals surface area (Å²) in [5.41, 5.74) is 1.65. The number of imide groups is 1. The van der Waals surface area contributed by atoms with Gasteiger partial charge in [0.15, 0.2) is 11.0 Å². The number of methoxy groups -OCH3 is 1. The summed E-state index contributed by atoms with van der Waals surface area (Å²) in [6.45, 7) is 2.44. The van der Waals surface area contributed by atoms with Crippen LogP contribution in [0, 0.1) is 0 Å². The number of aromatic nitrogens is 4. The van der Waals surface area contributed by atoms with E-state index in [0.717, 1.165) is 23.4 Å². The number of amides is 3. The van der Waals surface area contributed by atoms with Gasteiger partial charge in [0.2, 0.25) is 5.91 Å². The van der Waals surface area contributed by atoms with E-state index in [-0.39, 0.29) is 5.75 Å². The van der Waals surface area contributed by atoms with Gasteiger partial charge in [0.1, 0.15) is 5.75 Å². The molecule has 3 amide bonds. The number of nitrogens with zero attached hydrogens (tertiary/aromatic N) is 4. The lowest BCUT2D eigenvalue weighted by Gasteiger charge is -2.11. The van der Waals surface area contributed by atoms with Gasteiger partial charge in [0.25, 0.3) is 0 Å². The van der Waals surface area contributed by atoms with Crippen LogP contribution in [-0.4, -0.2) is 51.1 Å². The van der Waals surface area contributed by atoms with Gasteiger partial charge in [-0.1, -0.05) is 18.7 Å². The molecule has 0 saturated heterocycles. The molecule has 0 aliphatic carbocycles.